The van der Waals surface area contributed by atoms with Crippen LogP contribution in [0.3, 0.4) is 0 Å². The van der Waals surface area contributed by atoms with Crippen LogP contribution in [0.2, 0.25) is 0 Å². The van der Waals surface area contributed by atoms with Crippen molar-refractivity contribution in [1.29, 1.82) is 0 Å². The molecule has 2 fully saturated rings. The Bertz CT molecular complexity index is 1940. The number of anilines is 1. The van der Waals surface area contributed by atoms with Crippen molar-refractivity contribution in [2.45, 2.75) is 50.1 Å². The number of hydrogen-bond donors (Lipinski definition) is 4. The smallest absolute Gasteiger partial charge is 0.246 e. The zero-order valence-electron chi connectivity index (χ0n) is 28.3. The fourth-order valence-corrected chi connectivity index (χ4v) is 6.91. The fraction of sp³-hybridized carbons (Fsp3) is 0.351. The molecule has 0 radical (unpaired) electrons. The number of nitrogens with one attached hydrogen (secondary N) is 4. The molecule has 3 aromatic carbocycles. The maximum atomic E-state index is 14.1. The molecule has 52 heavy (non-hydrogen) atoms. The minimum Gasteiger partial charge on any atom is -0.356 e. The van der Waals surface area contributed by atoms with Gasteiger partial charge in [-0.25, -0.2) is 8.78 Å². The number of piperidine rings is 1. The van der Waals surface area contributed by atoms with Crippen molar-refractivity contribution in [3.8, 4) is 0 Å². The van der Waals surface area contributed by atoms with Gasteiger partial charge < -0.3 is 35.6 Å². The lowest BCUT2D eigenvalue weighted by Crippen LogP contribution is -2.56. The van der Waals surface area contributed by atoms with Gasteiger partial charge in [-0.15, -0.1) is 0 Å². The number of rotatable bonds is 11. The molecule has 2 atom stereocenters. The Hall–Kier alpha value is -5.44. The lowest BCUT2D eigenvalue weighted by atomic mass is 9.91. The van der Waals surface area contributed by atoms with E-state index in [0.29, 0.717) is 50.9 Å². The van der Waals surface area contributed by atoms with Gasteiger partial charge >= 0.3 is 0 Å². The fourth-order valence-electron chi connectivity index (χ4n) is 6.72. The summed E-state index contributed by atoms with van der Waals surface area (Å²) in [5.41, 5.74) is 2.11. The highest BCUT2D eigenvalue weighted by molar-refractivity contribution is 7.80. The highest BCUT2D eigenvalue weighted by Crippen LogP contribution is 2.34. The number of aromatic nitrogens is 1. The molecule has 15 heteroatoms. The molecule has 4 aromatic rings. The molecule has 2 saturated heterocycles. The van der Waals surface area contributed by atoms with E-state index in [0.717, 1.165) is 16.6 Å². The van der Waals surface area contributed by atoms with Gasteiger partial charge in [0.15, 0.2) is 10.7 Å². The van der Waals surface area contributed by atoms with Gasteiger partial charge in [-0.1, -0.05) is 47.6 Å². The van der Waals surface area contributed by atoms with Crippen molar-refractivity contribution < 1.29 is 32.5 Å². The zero-order chi connectivity index (χ0) is 36.6. The number of nitrogens with zero attached hydrogens (tertiary/aromatic N) is 3. The van der Waals surface area contributed by atoms with Crippen molar-refractivity contribution in [3.05, 3.63) is 95.7 Å². The van der Waals surface area contributed by atoms with E-state index >= 15 is 0 Å². The average molecular weight is 732 g/mol. The Kier molecular flexibility index (Phi) is 11.7. The van der Waals surface area contributed by atoms with Gasteiger partial charge in [-0.05, 0) is 67.7 Å². The van der Waals surface area contributed by atoms with Crippen LogP contribution in [0.25, 0.3) is 11.0 Å². The highest BCUT2D eigenvalue weighted by Gasteiger charge is 2.40. The van der Waals surface area contributed by atoms with Crippen LogP contribution >= 0.6 is 12.2 Å². The Labute approximate surface area is 304 Å². The molecule has 12 nitrogen and oxygen atoms in total. The molecular weight excluding hydrogens is 693 g/mol. The third kappa shape index (κ3) is 8.88. The van der Waals surface area contributed by atoms with Gasteiger partial charge in [0, 0.05) is 43.4 Å². The largest absolute Gasteiger partial charge is 0.356 e. The van der Waals surface area contributed by atoms with Crippen LogP contribution in [0, 0.1) is 11.6 Å². The van der Waals surface area contributed by atoms with E-state index in [1.54, 1.807) is 21.9 Å². The third-order valence-electron chi connectivity index (χ3n) is 9.37. The Morgan fingerprint density at radius 1 is 0.885 bits per heavy atom. The van der Waals surface area contributed by atoms with Crippen molar-refractivity contribution in [2.24, 2.45) is 0 Å². The van der Waals surface area contributed by atoms with E-state index in [9.17, 15) is 28.0 Å². The third-order valence-corrected chi connectivity index (χ3v) is 9.62. The van der Waals surface area contributed by atoms with Gasteiger partial charge in [0.2, 0.25) is 23.6 Å². The molecule has 0 aliphatic carbocycles. The first-order valence-corrected chi connectivity index (χ1v) is 17.6. The number of hydrogen-bond acceptors (Lipinski definition) is 7. The van der Waals surface area contributed by atoms with Gasteiger partial charge in [0.25, 0.3) is 0 Å². The molecule has 6 rings (SSSR count). The molecule has 0 unspecified atom stereocenters. The van der Waals surface area contributed by atoms with Crippen LogP contribution in [0.1, 0.15) is 42.9 Å². The highest BCUT2D eigenvalue weighted by atomic mass is 32.1. The molecule has 3 heterocycles. The van der Waals surface area contributed by atoms with Crippen molar-refractivity contribution in [3.63, 3.8) is 0 Å². The van der Waals surface area contributed by atoms with Crippen LogP contribution in [-0.4, -0.2) is 88.5 Å². The van der Waals surface area contributed by atoms with E-state index < -0.39 is 42.1 Å². The second-order valence-electron chi connectivity index (χ2n) is 12.9. The van der Waals surface area contributed by atoms with Crippen LogP contribution in [0.4, 0.5) is 14.5 Å². The minimum atomic E-state index is -0.980. The maximum Gasteiger partial charge on any atom is 0.246 e. The molecule has 0 saturated carbocycles. The second-order valence-corrected chi connectivity index (χ2v) is 13.3. The minimum absolute atomic E-state index is 0.0266. The number of benzene rings is 3. The number of halogens is 2. The first kappa shape index (κ1) is 36.4. The lowest BCUT2D eigenvalue weighted by Gasteiger charge is -2.36. The number of carbonyl (C=O) groups is 4. The lowest BCUT2D eigenvalue weighted by molar-refractivity contribution is -0.146. The van der Waals surface area contributed by atoms with E-state index in [2.05, 4.69) is 26.4 Å². The van der Waals surface area contributed by atoms with Gasteiger partial charge in [-0.3, -0.25) is 19.2 Å². The Balaban J connectivity index is 1.03. The summed E-state index contributed by atoms with van der Waals surface area (Å²) in [5, 5.41) is 15.6. The van der Waals surface area contributed by atoms with Crippen molar-refractivity contribution in [2.75, 3.05) is 38.0 Å². The van der Waals surface area contributed by atoms with Crippen LogP contribution in [0.15, 0.2) is 77.3 Å². The Morgan fingerprint density at radius 2 is 1.62 bits per heavy atom. The van der Waals surface area contributed by atoms with Crippen molar-refractivity contribution in [1.82, 2.24) is 30.9 Å². The standard InChI is InChI=1S/C37H39F2N7O5S/c38-25-12-13-26-31(20-25)51-44-34(26)24-14-17-45(18-15-24)36(50)30-11-6-16-46(30)35(49)29(19-23-7-2-1-3-8-23)42-33(48)22-40-32(47)21-41-37(52)43-28-10-5-4-9-27(28)39/h1-5,7-10,12-13,20,24,29-30H,6,11,14-19,21-22H2,(H,40,47)(H,42,48)(H2,41,43,52)/t29-,30-/m0/s1. The molecule has 2 aliphatic heterocycles. The van der Waals surface area contributed by atoms with E-state index in [4.69, 9.17) is 16.7 Å². The molecule has 4 amide bonds. The average Bonchev–Trinajstić information content (AvgIpc) is 3.81. The number of carbonyl (C=O) groups excluding carboxylic acids is 4. The maximum absolute atomic E-state index is 14.1. The van der Waals surface area contributed by atoms with Gasteiger partial charge in [-0.2, -0.15) is 0 Å². The summed E-state index contributed by atoms with van der Waals surface area (Å²) in [5.74, 6) is -2.49. The normalized spacial score (nSPS) is 16.7. The zero-order valence-corrected chi connectivity index (χ0v) is 29.1. The quantitative estimate of drug-likeness (QED) is 0.170. The number of fused-ring (bicyclic) bond motifs is 1. The summed E-state index contributed by atoms with van der Waals surface area (Å²) in [4.78, 5) is 56.8. The first-order valence-electron chi connectivity index (χ1n) is 17.2. The molecule has 4 N–H and O–H groups in total. The second kappa shape index (κ2) is 16.7. The molecule has 0 spiro atoms. The summed E-state index contributed by atoms with van der Waals surface area (Å²) in [7, 11) is 0. The van der Waals surface area contributed by atoms with Crippen molar-refractivity contribution >= 4 is 57.6 Å². The SMILES string of the molecule is O=C(CNC(=S)Nc1ccccc1F)NCC(=O)N[C@@H](Cc1ccccc1)C(=O)N1CCC[C@H]1C(=O)N1CCC(c2noc3cc(F)ccc23)CC1. The summed E-state index contributed by atoms with van der Waals surface area (Å²) >= 11 is 5.13. The van der Waals surface area contributed by atoms with Gasteiger partial charge in [0.1, 0.15) is 23.7 Å². The monoisotopic (exact) mass is 731 g/mol. The molecule has 2 aliphatic rings. The van der Waals surface area contributed by atoms with Crippen LogP contribution in [-0.2, 0) is 25.6 Å². The predicted octanol–water partition coefficient (Wildman–Crippen LogP) is 3.63. The predicted molar refractivity (Wildman–Crippen MR) is 193 cm³/mol. The Morgan fingerprint density at radius 3 is 2.38 bits per heavy atom. The molecule has 0 bridgehead atoms. The summed E-state index contributed by atoms with van der Waals surface area (Å²) in [6.45, 7) is 0.641. The summed E-state index contributed by atoms with van der Waals surface area (Å²) in [6.07, 6.45) is 2.63. The summed E-state index contributed by atoms with van der Waals surface area (Å²) in [6, 6.07) is 17.9. The van der Waals surface area contributed by atoms with E-state index in [-0.39, 0.29) is 41.5 Å². The number of para-hydroxylation sites is 1. The van der Waals surface area contributed by atoms with Crippen LogP contribution in [0.5, 0.6) is 0 Å². The number of amides is 4. The molecular formula is C37H39F2N7O5S. The van der Waals surface area contributed by atoms with E-state index in [1.807, 2.05) is 30.3 Å². The van der Waals surface area contributed by atoms with E-state index in [1.165, 1.54) is 30.3 Å². The summed E-state index contributed by atoms with van der Waals surface area (Å²) < 4.78 is 32.9. The molecule has 272 valence electrons. The number of thiocarbonyl (C=S) groups is 1. The first-order chi connectivity index (χ1) is 25.2. The van der Waals surface area contributed by atoms with Crippen LogP contribution < -0.4 is 21.3 Å². The number of likely N-dealkylation sites (tertiary alicyclic amines) is 2. The topological polar surface area (TPSA) is 149 Å². The van der Waals surface area contributed by atoms with Gasteiger partial charge in [0.05, 0.1) is 24.5 Å². The molecule has 1 aromatic heterocycles.